The van der Waals surface area contributed by atoms with Crippen molar-refractivity contribution in [3.8, 4) is 5.75 Å². The largest absolute Gasteiger partial charge is 0.496 e. The van der Waals surface area contributed by atoms with Crippen LogP contribution in [0.2, 0.25) is 0 Å². The molecular weight excluding hydrogens is 240 g/mol. The number of hydrogen-bond donors (Lipinski definition) is 1. The van der Waals surface area contributed by atoms with Gasteiger partial charge in [0, 0.05) is 19.2 Å². The molecule has 0 radical (unpaired) electrons. The number of hydrogen-bond acceptors (Lipinski definition) is 3. The minimum atomic E-state index is -0.472. The lowest BCUT2D eigenvalue weighted by Crippen LogP contribution is -2.39. The number of methoxy groups -OCH3 is 1. The van der Waals surface area contributed by atoms with Gasteiger partial charge in [-0.25, -0.2) is 0 Å². The lowest BCUT2D eigenvalue weighted by Gasteiger charge is -2.20. The number of ether oxygens (including phenoxy) is 1. The van der Waals surface area contributed by atoms with Gasteiger partial charge in [-0.3, -0.25) is 4.79 Å². The third kappa shape index (κ3) is 4.24. The Kier molecular flexibility index (Phi) is 6.61. The van der Waals surface area contributed by atoms with Crippen LogP contribution in [-0.2, 0) is 11.3 Å². The lowest BCUT2D eigenvalue weighted by atomic mass is 10.2. The molecule has 1 aromatic carbocycles. The van der Waals surface area contributed by atoms with Crippen molar-refractivity contribution in [1.82, 2.24) is 4.90 Å². The zero-order chi connectivity index (χ0) is 12.1. The molecule has 1 atom stereocenters. The Balaban J connectivity index is 0.00000256. The molecule has 0 fully saturated rings. The molecule has 4 nitrogen and oxygen atoms in total. The first-order valence-electron chi connectivity index (χ1n) is 5.18. The third-order valence-corrected chi connectivity index (χ3v) is 2.37. The number of nitrogens with zero attached hydrogens (tertiary/aromatic N) is 1. The lowest BCUT2D eigenvalue weighted by molar-refractivity contribution is -0.131. The van der Waals surface area contributed by atoms with E-state index in [1.54, 1.807) is 26.0 Å². The van der Waals surface area contributed by atoms with Crippen LogP contribution in [0.25, 0.3) is 0 Å². The summed E-state index contributed by atoms with van der Waals surface area (Å²) in [5, 5.41) is 0. The number of nitrogens with two attached hydrogens (primary N) is 1. The number of halogens is 1. The highest BCUT2D eigenvalue weighted by molar-refractivity contribution is 5.85. The average molecular weight is 259 g/mol. The predicted molar refractivity (Wildman–Crippen MR) is 70.4 cm³/mol. The van der Waals surface area contributed by atoms with Crippen LogP contribution in [0, 0.1) is 0 Å². The summed E-state index contributed by atoms with van der Waals surface area (Å²) in [7, 11) is 3.35. The van der Waals surface area contributed by atoms with Gasteiger partial charge in [0.1, 0.15) is 5.75 Å². The van der Waals surface area contributed by atoms with Gasteiger partial charge < -0.3 is 15.4 Å². The second-order valence-corrected chi connectivity index (χ2v) is 3.79. The summed E-state index contributed by atoms with van der Waals surface area (Å²) in [6.07, 6.45) is 0. The Bertz CT molecular complexity index is 369. The predicted octanol–water partition coefficient (Wildman–Crippen LogP) is 1.42. The first kappa shape index (κ1) is 15.7. The summed E-state index contributed by atoms with van der Waals surface area (Å²) in [5.41, 5.74) is 6.51. The van der Waals surface area contributed by atoms with Crippen molar-refractivity contribution in [2.75, 3.05) is 14.2 Å². The maximum absolute atomic E-state index is 11.6. The quantitative estimate of drug-likeness (QED) is 0.889. The minimum Gasteiger partial charge on any atom is -0.496 e. The molecule has 17 heavy (non-hydrogen) atoms. The fourth-order valence-electron chi connectivity index (χ4n) is 1.51. The molecule has 1 aromatic rings. The van der Waals surface area contributed by atoms with Crippen LogP contribution in [0.1, 0.15) is 12.5 Å². The van der Waals surface area contributed by atoms with Crippen molar-refractivity contribution in [2.24, 2.45) is 5.73 Å². The second-order valence-electron chi connectivity index (χ2n) is 3.79. The van der Waals surface area contributed by atoms with Crippen LogP contribution in [0.15, 0.2) is 24.3 Å². The molecule has 1 unspecified atom stereocenters. The van der Waals surface area contributed by atoms with E-state index in [1.165, 1.54) is 0 Å². The molecule has 0 spiro atoms. The van der Waals surface area contributed by atoms with Gasteiger partial charge in [-0.15, -0.1) is 12.4 Å². The number of benzene rings is 1. The van der Waals surface area contributed by atoms with E-state index in [-0.39, 0.29) is 18.3 Å². The smallest absolute Gasteiger partial charge is 0.239 e. The molecule has 1 amide bonds. The summed E-state index contributed by atoms with van der Waals surface area (Å²) >= 11 is 0. The van der Waals surface area contributed by atoms with Gasteiger partial charge >= 0.3 is 0 Å². The van der Waals surface area contributed by atoms with E-state index in [1.807, 2.05) is 24.3 Å². The summed E-state index contributed by atoms with van der Waals surface area (Å²) in [6, 6.07) is 7.15. The first-order valence-corrected chi connectivity index (χ1v) is 5.18. The van der Waals surface area contributed by atoms with Crippen LogP contribution in [0.3, 0.4) is 0 Å². The molecule has 0 aliphatic rings. The monoisotopic (exact) mass is 258 g/mol. The molecule has 1 rings (SSSR count). The van der Waals surface area contributed by atoms with Gasteiger partial charge in [-0.2, -0.15) is 0 Å². The van der Waals surface area contributed by atoms with E-state index >= 15 is 0 Å². The third-order valence-electron chi connectivity index (χ3n) is 2.37. The molecular formula is C12H19ClN2O2. The fraction of sp³-hybridized carbons (Fsp3) is 0.417. The standard InChI is InChI=1S/C12H18N2O2.ClH/c1-9(13)12(15)14(2)8-10-6-4-5-7-11(10)16-3;/h4-7,9H,8,13H2,1-3H3;1H. The molecule has 0 aromatic heterocycles. The number of rotatable bonds is 4. The number of likely N-dealkylation sites (N-methyl/N-ethyl adjacent to an activating group) is 1. The first-order chi connectivity index (χ1) is 7.56. The van der Waals surface area contributed by atoms with Crippen LogP contribution in [0.5, 0.6) is 5.75 Å². The molecule has 0 bridgehead atoms. The topological polar surface area (TPSA) is 55.6 Å². The highest BCUT2D eigenvalue weighted by Crippen LogP contribution is 2.18. The molecule has 0 saturated carbocycles. The van der Waals surface area contributed by atoms with Gasteiger partial charge in [0.15, 0.2) is 0 Å². The fourth-order valence-corrected chi connectivity index (χ4v) is 1.51. The van der Waals surface area contributed by atoms with Crippen LogP contribution in [-0.4, -0.2) is 31.0 Å². The number of amides is 1. The van der Waals surface area contributed by atoms with Gasteiger partial charge in [-0.1, -0.05) is 18.2 Å². The summed E-state index contributed by atoms with van der Waals surface area (Å²) in [6.45, 7) is 2.19. The summed E-state index contributed by atoms with van der Waals surface area (Å²) < 4.78 is 5.22. The van der Waals surface area contributed by atoms with Crippen molar-refractivity contribution in [3.05, 3.63) is 29.8 Å². The maximum Gasteiger partial charge on any atom is 0.239 e. The van der Waals surface area contributed by atoms with E-state index < -0.39 is 6.04 Å². The van der Waals surface area contributed by atoms with Crippen molar-refractivity contribution in [1.29, 1.82) is 0 Å². The molecule has 0 aliphatic carbocycles. The molecule has 0 saturated heterocycles. The highest BCUT2D eigenvalue weighted by Gasteiger charge is 2.14. The minimum absolute atomic E-state index is 0. The van der Waals surface area contributed by atoms with Crippen molar-refractivity contribution in [2.45, 2.75) is 19.5 Å². The number of carbonyl (C=O) groups excluding carboxylic acids is 1. The number of carbonyl (C=O) groups is 1. The average Bonchev–Trinajstić information content (AvgIpc) is 2.28. The second kappa shape index (κ2) is 7.14. The molecule has 5 heteroatoms. The Morgan fingerprint density at radius 2 is 2.06 bits per heavy atom. The van der Waals surface area contributed by atoms with Gasteiger partial charge in [0.25, 0.3) is 0 Å². The van der Waals surface area contributed by atoms with Crippen LogP contribution in [0.4, 0.5) is 0 Å². The van der Waals surface area contributed by atoms with E-state index in [0.717, 1.165) is 11.3 Å². The molecule has 96 valence electrons. The van der Waals surface area contributed by atoms with Crippen molar-refractivity contribution >= 4 is 18.3 Å². The Morgan fingerprint density at radius 1 is 1.47 bits per heavy atom. The summed E-state index contributed by atoms with van der Waals surface area (Å²) in [5.74, 6) is 0.706. The van der Waals surface area contributed by atoms with Gasteiger partial charge in [-0.05, 0) is 13.0 Å². The zero-order valence-corrected chi connectivity index (χ0v) is 11.2. The molecule has 2 N–H and O–H groups in total. The Hall–Kier alpha value is -1.26. The normalized spacial score (nSPS) is 11.3. The van der Waals surface area contributed by atoms with Crippen molar-refractivity contribution in [3.63, 3.8) is 0 Å². The molecule has 0 heterocycles. The Labute approximate surface area is 108 Å². The number of para-hydroxylation sites is 1. The van der Waals surface area contributed by atoms with Crippen LogP contribution >= 0.6 is 12.4 Å². The maximum atomic E-state index is 11.6. The highest BCUT2D eigenvalue weighted by atomic mass is 35.5. The van der Waals surface area contributed by atoms with Gasteiger partial charge in [0.05, 0.1) is 13.2 Å². The van der Waals surface area contributed by atoms with E-state index in [2.05, 4.69) is 0 Å². The van der Waals surface area contributed by atoms with Gasteiger partial charge in [0.2, 0.25) is 5.91 Å². The zero-order valence-electron chi connectivity index (χ0n) is 10.3. The van der Waals surface area contributed by atoms with Crippen LogP contribution < -0.4 is 10.5 Å². The molecule has 0 aliphatic heterocycles. The van der Waals surface area contributed by atoms with E-state index in [4.69, 9.17) is 10.5 Å². The summed E-state index contributed by atoms with van der Waals surface area (Å²) in [4.78, 5) is 13.2. The van der Waals surface area contributed by atoms with Crippen molar-refractivity contribution < 1.29 is 9.53 Å². The van der Waals surface area contributed by atoms with E-state index in [9.17, 15) is 4.79 Å². The Morgan fingerprint density at radius 3 is 2.59 bits per heavy atom. The SMILES string of the molecule is COc1ccccc1CN(C)C(=O)C(C)N.Cl. The van der Waals surface area contributed by atoms with E-state index in [0.29, 0.717) is 6.54 Å².